The van der Waals surface area contributed by atoms with Crippen LogP contribution in [0.4, 0.5) is 0 Å². The van der Waals surface area contributed by atoms with Crippen LogP contribution in [0, 0.1) is 6.92 Å². The van der Waals surface area contributed by atoms with Crippen molar-refractivity contribution in [3.05, 3.63) is 33.6 Å². The molecular weight excluding hydrogens is 314 g/mol. The molecule has 0 unspecified atom stereocenters. The predicted octanol–water partition coefficient (Wildman–Crippen LogP) is 2.81. The highest BCUT2D eigenvalue weighted by atomic mass is 32.1. The van der Waals surface area contributed by atoms with Crippen LogP contribution in [0.5, 0.6) is 0 Å². The fourth-order valence-electron chi connectivity index (χ4n) is 3.45. The molecule has 2 aliphatic heterocycles. The molecule has 4 rings (SSSR count). The number of amides is 1. The van der Waals surface area contributed by atoms with E-state index in [0.29, 0.717) is 24.7 Å². The third-order valence-electron chi connectivity index (χ3n) is 4.55. The number of aryl methyl sites for hydroxylation is 1. The summed E-state index contributed by atoms with van der Waals surface area (Å²) in [6, 6.07) is 2.02. The van der Waals surface area contributed by atoms with Gasteiger partial charge in [0, 0.05) is 24.8 Å². The summed E-state index contributed by atoms with van der Waals surface area (Å²) >= 11 is 1.75. The van der Waals surface area contributed by atoms with Gasteiger partial charge in [0.2, 0.25) is 11.8 Å². The Labute approximate surface area is 138 Å². The van der Waals surface area contributed by atoms with Crippen LogP contribution in [-0.2, 0) is 16.0 Å². The largest absolute Gasteiger partial charge is 0.373 e. The van der Waals surface area contributed by atoms with E-state index in [1.54, 1.807) is 18.3 Å². The van der Waals surface area contributed by atoms with E-state index in [-0.39, 0.29) is 18.1 Å². The minimum Gasteiger partial charge on any atom is -0.373 e. The van der Waals surface area contributed by atoms with E-state index >= 15 is 0 Å². The normalized spacial score (nSPS) is 24.0. The maximum atomic E-state index is 12.8. The Balaban J connectivity index is 1.49. The molecule has 0 spiro atoms. The van der Waals surface area contributed by atoms with E-state index in [4.69, 9.17) is 9.26 Å². The van der Waals surface area contributed by atoms with E-state index in [9.17, 15) is 4.79 Å². The highest BCUT2D eigenvalue weighted by Crippen LogP contribution is 2.36. The number of nitrogens with zero attached hydrogens (tertiary/aromatic N) is 3. The van der Waals surface area contributed by atoms with Gasteiger partial charge in [0.25, 0.3) is 0 Å². The number of rotatable bonds is 3. The lowest BCUT2D eigenvalue weighted by atomic mass is 10.0. The van der Waals surface area contributed by atoms with Gasteiger partial charge in [-0.05, 0) is 29.9 Å². The van der Waals surface area contributed by atoms with Crippen molar-refractivity contribution in [2.75, 3.05) is 13.2 Å². The molecule has 0 radical (unpaired) electrons. The van der Waals surface area contributed by atoms with E-state index in [0.717, 1.165) is 25.8 Å². The molecule has 2 atom stereocenters. The summed E-state index contributed by atoms with van der Waals surface area (Å²) in [5.74, 6) is 1.27. The van der Waals surface area contributed by atoms with E-state index in [1.165, 1.54) is 10.4 Å². The Morgan fingerprint density at radius 3 is 3.26 bits per heavy atom. The van der Waals surface area contributed by atoms with Crippen molar-refractivity contribution >= 4 is 17.2 Å². The molecule has 0 aromatic carbocycles. The Kier molecular flexibility index (Phi) is 3.90. The highest BCUT2D eigenvalue weighted by molar-refractivity contribution is 7.10. The molecule has 0 bridgehead atoms. The minimum absolute atomic E-state index is 0.0644. The fraction of sp³-hybridized carbons (Fsp3) is 0.562. The number of hydrogen-bond acceptors (Lipinski definition) is 6. The van der Waals surface area contributed by atoms with Crippen molar-refractivity contribution in [2.24, 2.45) is 0 Å². The summed E-state index contributed by atoms with van der Waals surface area (Å²) in [6.07, 6.45) is 3.08. The van der Waals surface area contributed by atoms with Crippen molar-refractivity contribution in [3.8, 4) is 0 Å². The molecule has 0 N–H and O–H groups in total. The average Bonchev–Trinajstić information content (AvgIpc) is 3.26. The van der Waals surface area contributed by atoms with Crippen molar-refractivity contribution in [1.29, 1.82) is 0 Å². The van der Waals surface area contributed by atoms with Gasteiger partial charge >= 0.3 is 0 Å². The van der Waals surface area contributed by atoms with Gasteiger partial charge in [-0.3, -0.25) is 4.79 Å². The summed E-state index contributed by atoms with van der Waals surface area (Å²) in [4.78, 5) is 20.3. The Morgan fingerprint density at radius 1 is 1.52 bits per heavy atom. The van der Waals surface area contributed by atoms with Crippen LogP contribution >= 0.6 is 11.3 Å². The van der Waals surface area contributed by atoms with E-state index in [2.05, 4.69) is 21.6 Å². The Bertz CT molecular complexity index is 711. The van der Waals surface area contributed by atoms with Crippen LogP contribution in [0.3, 0.4) is 0 Å². The molecule has 2 aliphatic rings. The maximum Gasteiger partial charge on any atom is 0.226 e. The first-order chi connectivity index (χ1) is 11.2. The average molecular weight is 333 g/mol. The molecule has 4 heterocycles. The first kappa shape index (κ1) is 14.8. The number of aromatic nitrogens is 2. The first-order valence-corrected chi connectivity index (χ1v) is 8.88. The molecule has 6 nitrogen and oxygen atoms in total. The molecule has 1 fully saturated rings. The lowest BCUT2D eigenvalue weighted by Gasteiger charge is -2.27. The molecule has 23 heavy (non-hydrogen) atoms. The molecule has 2 aromatic rings. The van der Waals surface area contributed by atoms with Gasteiger partial charge in [-0.15, -0.1) is 11.3 Å². The van der Waals surface area contributed by atoms with Crippen LogP contribution in [0.15, 0.2) is 16.0 Å². The smallest absolute Gasteiger partial charge is 0.226 e. The van der Waals surface area contributed by atoms with Gasteiger partial charge in [0.1, 0.15) is 0 Å². The number of hydrogen-bond donors (Lipinski definition) is 0. The lowest BCUT2D eigenvalue weighted by Crippen LogP contribution is -2.33. The quantitative estimate of drug-likeness (QED) is 0.864. The maximum absolute atomic E-state index is 12.8. The Morgan fingerprint density at radius 2 is 2.43 bits per heavy atom. The van der Waals surface area contributed by atoms with Gasteiger partial charge < -0.3 is 14.2 Å². The standard InChI is InChI=1S/C16H19N3O3S/c1-10-17-16(18-22-10)12-3-2-6-19(12)15(20)9-13-11-5-8-23-14(11)4-7-21-13/h5,8,12-13H,2-4,6-7,9H2,1H3/t12-,13-/m1/s1. The summed E-state index contributed by atoms with van der Waals surface area (Å²) in [5.41, 5.74) is 1.18. The number of likely N-dealkylation sites (tertiary alicyclic amines) is 1. The number of carbonyl (C=O) groups is 1. The molecule has 1 saturated heterocycles. The van der Waals surface area contributed by atoms with Gasteiger partial charge in [0.15, 0.2) is 5.82 Å². The van der Waals surface area contributed by atoms with Crippen molar-refractivity contribution in [3.63, 3.8) is 0 Å². The molecule has 0 saturated carbocycles. The SMILES string of the molecule is Cc1nc([C@H]2CCCN2C(=O)C[C@H]2OCCc3sccc32)no1. The number of fused-ring (bicyclic) bond motifs is 1. The Hall–Kier alpha value is -1.73. The first-order valence-electron chi connectivity index (χ1n) is 8.00. The van der Waals surface area contributed by atoms with Crippen LogP contribution in [0.1, 0.15) is 53.6 Å². The van der Waals surface area contributed by atoms with Gasteiger partial charge in [-0.25, -0.2) is 0 Å². The topological polar surface area (TPSA) is 68.5 Å². The number of ether oxygens (including phenoxy) is 1. The zero-order chi connectivity index (χ0) is 15.8. The van der Waals surface area contributed by atoms with Crippen LogP contribution in [0.2, 0.25) is 0 Å². The van der Waals surface area contributed by atoms with Crippen LogP contribution in [0.25, 0.3) is 0 Å². The highest BCUT2D eigenvalue weighted by Gasteiger charge is 2.35. The summed E-state index contributed by atoms with van der Waals surface area (Å²) in [7, 11) is 0. The van der Waals surface area contributed by atoms with Gasteiger partial charge in [-0.1, -0.05) is 5.16 Å². The second kappa shape index (κ2) is 6.05. The third kappa shape index (κ3) is 2.79. The summed E-state index contributed by atoms with van der Waals surface area (Å²) < 4.78 is 10.9. The zero-order valence-corrected chi connectivity index (χ0v) is 13.8. The van der Waals surface area contributed by atoms with E-state index < -0.39 is 0 Å². The predicted molar refractivity (Wildman–Crippen MR) is 84.1 cm³/mol. The van der Waals surface area contributed by atoms with Gasteiger partial charge in [-0.2, -0.15) is 4.98 Å². The molecule has 1 amide bonds. The van der Waals surface area contributed by atoms with Crippen LogP contribution < -0.4 is 0 Å². The minimum atomic E-state index is -0.120. The number of carbonyl (C=O) groups excluding carboxylic acids is 1. The fourth-order valence-corrected chi connectivity index (χ4v) is 4.37. The third-order valence-corrected chi connectivity index (χ3v) is 5.55. The second-order valence-electron chi connectivity index (χ2n) is 6.03. The molecule has 0 aliphatic carbocycles. The van der Waals surface area contributed by atoms with Crippen LogP contribution in [-0.4, -0.2) is 34.1 Å². The van der Waals surface area contributed by atoms with Crippen molar-refractivity contribution in [2.45, 2.75) is 44.8 Å². The monoisotopic (exact) mass is 333 g/mol. The zero-order valence-electron chi connectivity index (χ0n) is 13.0. The molecule has 7 heteroatoms. The molecular formula is C16H19N3O3S. The second-order valence-corrected chi connectivity index (χ2v) is 7.03. The van der Waals surface area contributed by atoms with E-state index in [1.807, 2.05) is 4.90 Å². The lowest BCUT2D eigenvalue weighted by molar-refractivity contribution is -0.135. The molecule has 2 aromatic heterocycles. The summed E-state index contributed by atoms with van der Waals surface area (Å²) in [6.45, 7) is 3.21. The summed E-state index contributed by atoms with van der Waals surface area (Å²) in [5, 5.41) is 6.08. The van der Waals surface area contributed by atoms with Gasteiger partial charge in [0.05, 0.1) is 25.2 Å². The number of thiophene rings is 1. The van der Waals surface area contributed by atoms with Crippen molar-refractivity contribution in [1.82, 2.24) is 15.0 Å². The van der Waals surface area contributed by atoms with Crippen molar-refractivity contribution < 1.29 is 14.1 Å². The molecule has 122 valence electrons.